The van der Waals surface area contributed by atoms with Crippen molar-refractivity contribution in [3.05, 3.63) is 144 Å². The molecule has 7 aromatic rings. The molecule has 4 nitrogen and oxygen atoms in total. The summed E-state index contributed by atoms with van der Waals surface area (Å²) < 4.78 is 0. The molecular weight excluding hydrogens is 748 g/mol. The van der Waals surface area contributed by atoms with Gasteiger partial charge in [0, 0.05) is 44.3 Å². The van der Waals surface area contributed by atoms with Crippen LogP contribution in [0.25, 0.3) is 90.9 Å². The number of nitrogens with zero attached hydrogens (tertiary/aromatic N) is 2. The standard InChI is InChI=1S/C54H52B4N4/c1-8-57(7)41-21-13-37(14-22-41)53-47-29-27-45(60-47)51(35-9-17-39(18-10-35)55(3)4)43-25-26-44(59-43)52(36-11-19-40(20-12-36)56(5)6)46-28-31-49(61-46)54(50-32-30-48(53)62-50)38-15-23-42(24-16-38)58-33-34(58)2/h9-32,34,60-61H,8,33H2,1-7H3/t34-/m0/s1. The van der Waals surface area contributed by atoms with Gasteiger partial charge in [0.1, 0.15) is 0 Å². The van der Waals surface area contributed by atoms with E-state index < -0.39 is 0 Å². The molecule has 2 N–H and O–H groups in total. The Bertz CT molecular complexity index is 2850. The van der Waals surface area contributed by atoms with Gasteiger partial charge in [-0.25, -0.2) is 9.97 Å². The van der Waals surface area contributed by atoms with Crippen molar-refractivity contribution < 1.29 is 0 Å². The van der Waals surface area contributed by atoms with Crippen LogP contribution in [0.2, 0.25) is 52.6 Å². The number of nitrogens with one attached hydrogen (secondary N) is 2. The Morgan fingerprint density at radius 1 is 0.468 bits per heavy atom. The molecule has 0 spiro atoms. The molecule has 3 aliphatic rings. The van der Waals surface area contributed by atoms with Crippen LogP contribution in [0.3, 0.4) is 0 Å². The van der Waals surface area contributed by atoms with E-state index in [0.29, 0.717) is 26.9 Å². The average Bonchev–Trinajstić information content (AvgIpc) is 3.88. The maximum atomic E-state index is 5.56. The van der Waals surface area contributed by atoms with E-state index in [1.165, 1.54) is 28.2 Å². The minimum Gasteiger partial charge on any atom is -0.354 e. The largest absolute Gasteiger partial charge is 0.354 e. The summed E-state index contributed by atoms with van der Waals surface area (Å²) in [4.78, 5) is 19.0. The molecule has 300 valence electrons. The van der Waals surface area contributed by atoms with Crippen LogP contribution in [0.1, 0.15) is 36.6 Å². The summed E-state index contributed by atoms with van der Waals surface area (Å²) in [6, 6.07) is 45.3. The maximum absolute atomic E-state index is 5.56. The second-order valence-corrected chi connectivity index (χ2v) is 18.4. The van der Waals surface area contributed by atoms with Crippen molar-refractivity contribution in [2.75, 3.05) is 0 Å². The Hall–Kier alpha value is -6.26. The zero-order chi connectivity index (χ0) is 42.6. The predicted molar refractivity (Wildman–Crippen MR) is 276 cm³/mol. The first-order valence-electron chi connectivity index (χ1n) is 22.7. The zero-order valence-corrected chi connectivity index (χ0v) is 37.1. The summed E-state index contributed by atoms with van der Waals surface area (Å²) in [7, 11) is 0. The molecule has 1 saturated heterocycles. The van der Waals surface area contributed by atoms with Crippen molar-refractivity contribution in [2.45, 2.75) is 66.4 Å². The van der Waals surface area contributed by atoms with Crippen molar-refractivity contribution in [3.63, 3.8) is 0 Å². The highest BCUT2D eigenvalue weighted by atomic mass is 14.8. The van der Waals surface area contributed by atoms with Gasteiger partial charge in [-0.05, 0) is 70.8 Å². The monoisotopic (exact) mass is 800 g/mol. The predicted octanol–water partition coefficient (Wildman–Crippen LogP) is 11.7. The summed E-state index contributed by atoms with van der Waals surface area (Å²) >= 11 is 0. The van der Waals surface area contributed by atoms with Crippen molar-refractivity contribution >= 4 is 95.1 Å². The fraction of sp³-hybridized carbons (Fsp3) is 0.185. The maximum Gasteiger partial charge on any atom is 0.177 e. The fourth-order valence-electron chi connectivity index (χ4n) is 9.39. The highest BCUT2D eigenvalue weighted by molar-refractivity contribution is 6.84. The molecular formula is C54H52B4N4. The average molecular weight is 800 g/mol. The number of rotatable bonds is 9. The number of hydrogen-bond acceptors (Lipinski definition) is 2. The van der Waals surface area contributed by atoms with Crippen LogP contribution in [0.5, 0.6) is 0 Å². The highest BCUT2D eigenvalue weighted by Gasteiger charge is 2.38. The lowest BCUT2D eigenvalue weighted by Crippen LogP contribution is -2.24. The Kier molecular flexibility index (Phi) is 10.4. The third-order valence-electron chi connectivity index (χ3n) is 13.6. The SMILES string of the molecule is CCB(C)c1ccc(-c2c3nc(c(-c4ccc(B5C[C@@H]5C)cc4)c4ccc([nH]4)c(-c4ccc(B(C)C)cc4)c4nc(c(-c5ccc(B(C)C)cc5)c5ccc2[nH]5)C=C4)C=C3)cc1. The van der Waals surface area contributed by atoms with Gasteiger partial charge in [0.25, 0.3) is 0 Å². The third-order valence-corrected chi connectivity index (χ3v) is 13.6. The molecule has 10 rings (SSSR count). The van der Waals surface area contributed by atoms with Crippen LogP contribution < -0.4 is 21.9 Å². The first kappa shape index (κ1) is 39.9. The van der Waals surface area contributed by atoms with Gasteiger partial charge in [-0.3, -0.25) is 0 Å². The number of fused-ring (bicyclic) bond motifs is 8. The molecule has 1 fully saturated rings. The molecule has 0 saturated carbocycles. The number of H-pyrrole nitrogens is 2. The first-order chi connectivity index (χ1) is 30.1. The van der Waals surface area contributed by atoms with Crippen LogP contribution in [0.4, 0.5) is 0 Å². The summed E-state index contributed by atoms with van der Waals surface area (Å²) in [5, 5.41) is 0. The van der Waals surface area contributed by atoms with Gasteiger partial charge in [-0.1, -0.05) is 185 Å². The van der Waals surface area contributed by atoms with Crippen molar-refractivity contribution in [3.8, 4) is 44.5 Å². The number of hydrogen-bond donors (Lipinski definition) is 2. The fourth-order valence-corrected chi connectivity index (χ4v) is 9.39. The van der Waals surface area contributed by atoms with Crippen LogP contribution in [0.15, 0.2) is 121 Å². The topological polar surface area (TPSA) is 57.4 Å². The first-order valence-corrected chi connectivity index (χ1v) is 22.7. The van der Waals surface area contributed by atoms with E-state index in [9.17, 15) is 0 Å². The third kappa shape index (κ3) is 7.44. The summed E-state index contributed by atoms with van der Waals surface area (Å²) in [6.07, 6.45) is 11.1. The molecule has 3 aliphatic heterocycles. The summed E-state index contributed by atoms with van der Waals surface area (Å²) in [6.45, 7) is 17.9. The second kappa shape index (κ2) is 16.2. The van der Waals surface area contributed by atoms with Gasteiger partial charge in [-0.2, -0.15) is 0 Å². The van der Waals surface area contributed by atoms with Gasteiger partial charge < -0.3 is 9.97 Å². The molecule has 8 bridgehead atoms. The Labute approximate surface area is 368 Å². The zero-order valence-electron chi connectivity index (χ0n) is 37.1. The lowest BCUT2D eigenvalue weighted by atomic mass is 9.45. The van der Waals surface area contributed by atoms with Gasteiger partial charge in [0.2, 0.25) is 0 Å². The molecule has 0 unspecified atom stereocenters. The van der Waals surface area contributed by atoms with Crippen molar-refractivity contribution in [1.82, 2.24) is 19.9 Å². The van der Waals surface area contributed by atoms with E-state index in [1.807, 2.05) is 0 Å². The molecule has 8 heteroatoms. The number of aromatic nitrogens is 4. The van der Waals surface area contributed by atoms with E-state index in [1.54, 1.807) is 0 Å². The number of aromatic amines is 2. The Morgan fingerprint density at radius 3 is 1.06 bits per heavy atom. The molecule has 1 atom stereocenters. The van der Waals surface area contributed by atoms with Crippen LogP contribution in [-0.4, -0.2) is 46.8 Å². The summed E-state index contributed by atoms with van der Waals surface area (Å²) in [5.74, 6) is 0.746. The van der Waals surface area contributed by atoms with E-state index >= 15 is 0 Å². The lowest BCUT2D eigenvalue weighted by Gasteiger charge is -2.10. The smallest absolute Gasteiger partial charge is 0.177 e. The molecule has 62 heavy (non-hydrogen) atoms. The van der Waals surface area contributed by atoms with Gasteiger partial charge in [0.15, 0.2) is 26.9 Å². The summed E-state index contributed by atoms with van der Waals surface area (Å²) in [5.41, 5.74) is 21.9. The minimum atomic E-state index is 0.436. The van der Waals surface area contributed by atoms with Crippen LogP contribution in [0, 0.1) is 0 Å². The normalized spacial score (nSPS) is 14.0. The lowest BCUT2D eigenvalue weighted by molar-refractivity contribution is 1.21. The Morgan fingerprint density at radius 2 is 0.774 bits per heavy atom. The number of benzene rings is 4. The van der Waals surface area contributed by atoms with Crippen LogP contribution >= 0.6 is 0 Å². The second-order valence-electron chi connectivity index (χ2n) is 18.4. The van der Waals surface area contributed by atoms with E-state index in [0.717, 1.165) is 101 Å². The Balaban J connectivity index is 1.31. The van der Waals surface area contributed by atoms with Gasteiger partial charge in [0.05, 0.1) is 22.8 Å². The highest BCUT2D eigenvalue weighted by Crippen LogP contribution is 2.39. The van der Waals surface area contributed by atoms with Crippen molar-refractivity contribution in [1.29, 1.82) is 0 Å². The quantitative estimate of drug-likeness (QED) is 0.143. The molecule has 0 aliphatic carbocycles. The van der Waals surface area contributed by atoms with E-state index in [4.69, 9.17) is 9.97 Å². The molecule has 0 radical (unpaired) electrons. The van der Waals surface area contributed by atoms with Crippen LogP contribution in [-0.2, 0) is 0 Å². The van der Waals surface area contributed by atoms with E-state index in [2.05, 4.69) is 204 Å². The van der Waals surface area contributed by atoms with Gasteiger partial charge in [-0.15, -0.1) is 0 Å². The molecule has 6 heterocycles. The minimum absolute atomic E-state index is 0.436. The van der Waals surface area contributed by atoms with Gasteiger partial charge >= 0.3 is 0 Å². The van der Waals surface area contributed by atoms with E-state index in [-0.39, 0.29) is 0 Å². The molecule has 4 aromatic carbocycles. The molecule has 3 aromatic heterocycles. The molecule has 0 amide bonds. The van der Waals surface area contributed by atoms with Crippen molar-refractivity contribution in [2.24, 2.45) is 0 Å².